The fourth-order valence-corrected chi connectivity index (χ4v) is 2.29. The van der Waals surface area contributed by atoms with E-state index < -0.39 is 6.10 Å². The van der Waals surface area contributed by atoms with Gasteiger partial charge in [0.1, 0.15) is 0 Å². The number of carbonyl (C=O) groups is 1. The molecule has 1 aromatic heterocycles. The normalized spacial score (nSPS) is 19.0. The molecule has 1 saturated heterocycles. The van der Waals surface area contributed by atoms with Crippen LogP contribution in [0.25, 0.3) is 0 Å². The highest BCUT2D eigenvalue weighted by atomic mass is 16.5. The number of aliphatic hydroxyl groups excluding tert-OH is 1. The van der Waals surface area contributed by atoms with Crippen molar-refractivity contribution in [1.82, 2.24) is 20.4 Å². The minimum Gasteiger partial charge on any atom is -0.391 e. The number of amides is 2. The summed E-state index contributed by atoms with van der Waals surface area (Å²) in [4.78, 5) is 17.9. The number of urea groups is 1. The molecule has 7 heteroatoms. The van der Waals surface area contributed by atoms with E-state index in [0.717, 1.165) is 25.1 Å². The van der Waals surface area contributed by atoms with Gasteiger partial charge in [-0.1, -0.05) is 19.0 Å². The van der Waals surface area contributed by atoms with Crippen LogP contribution in [-0.2, 0) is 6.42 Å². The lowest BCUT2D eigenvalue weighted by Gasteiger charge is -2.30. The Bertz CT molecular complexity index is 461. The molecule has 2 amide bonds. The molecule has 0 saturated carbocycles. The van der Waals surface area contributed by atoms with E-state index >= 15 is 0 Å². The molecule has 118 valence electrons. The Morgan fingerprint density at radius 3 is 3.05 bits per heavy atom. The lowest BCUT2D eigenvalue weighted by atomic mass is 10.1. The number of aliphatic hydroxyl groups is 1. The molecule has 1 atom stereocenters. The van der Waals surface area contributed by atoms with Crippen LogP contribution < -0.4 is 5.32 Å². The second kappa shape index (κ2) is 7.40. The second-order valence-electron chi connectivity index (χ2n) is 5.78. The first-order valence-electron chi connectivity index (χ1n) is 7.59. The Hall–Kier alpha value is -1.63. The van der Waals surface area contributed by atoms with Gasteiger partial charge in [0.2, 0.25) is 5.89 Å². The predicted octanol–water partition coefficient (Wildman–Crippen LogP) is 1.29. The molecule has 1 aromatic rings. The summed E-state index contributed by atoms with van der Waals surface area (Å²) >= 11 is 0. The van der Waals surface area contributed by atoms with Crippen molar-refractivity contribution in [2.24, 2.45) is 0 Å². The second-order valence-corrected chi connectivity index (χ2v) is 5.78. The molecule has 0 spiro atoms. The summed E-state index contributed by atoms with van der Waals surface area (Å²) in [6.45, 7) is 5.73. The molecular weight excluding hydrogens is 272 g/mol. The summed E-state index contributed by atoms with van der Waals surface area (Å²) in [6.07, 6.45) is 2.65. The van der Waals surface area contributed by atoms with Gasteiger partial charge in [-0.25, -0.2) is 4.79 Å². The SMILES string of the molecule is CC(C)c1noc(CCCNC(=O)N2CCCC(O)C2)n1. The smallest absolute Gasteiger partial charge is 0.317 e. The minimum atomic E-state index is -0.391. The number of rotatable bonds is 5. The molecule has 1 unspecified atom stereocenters. The van der Waals surface area contributed by atoms with Crippen LogP contribution in [0.3, 0.4) is 0 Å². The average molecular weight is 296 g/mol. The zero-order chi connectivity index (χ0) is 15.2. The summed E-state index contributed by atoms with van der Waals surface area (Å²) in [5.74, 6) is 1.59. The van der Waals surface area contributed by atoms with Crippen molar-refractivity contribution in [3.8, 4) is 0 Å². The van der Waals surface area contributed by atoms with Crippen molar-refractivity contribution in [2.45, 2.75) is 51.6 Å². The third-order valence-corrected chi connectivity index (χ3v) is 3.53. The lowest BCUT2D eigenvalue weighted by molar-refractivity contribution is 0.0843. The Labute approximate surface area is 124 Å². The van der Waals surface area contributed by atoms with Gasteiger partial charge >= 0.3 is 6.03 Å². The molecule has 1 aliphatic rings. The van der Waals surface area contributed by atoms with Crippen LogP contribution in [0.1, 0.15) is 50.7 Å². The summed E-state index contributed by atoms with van der Waals surface area (Å²) in [6, 6.07) is -0.109. The number of aryl methyl sites for hydroxylation is 1. The molecule has 1 fully saturated rings. The zero-order valence-electron chi connectivity index (χ0n) is 12.7. The van der Waals surface area contributed by atoms with Gasteiger partial charge < -0.3 is 19.8 Å². The number of piperidine rings is 1. The van der Waals surface area contributed by atoms with Gasteiger partial charge in [0, 0.05) is 32.0 Å². The number of carbonyl (C=O) groups excluding carboxylic acids is 1. The van der Waals surface area contributed by atoms with E-state index in [2.05, 4.69) is 15.5 Å². The lowest BCUT2D eigenvalue weighted by Crippen LogP contribution is -2.47. The van der Waals surface area contributed by atoms with Crippen LogP contribution in [0, 0.1) is 0 Å². The van der Waals surface area contributed by atoms with Gasteiger partial charge in [0.25, 0.3) is 0 Å². The Kier molecular flexibility index (Phi) is 5.55. The van der Waals surface area contributed by atoms with E-state index in [-0.39, 0.29) is 11.9 Å². The fourth-order valence-electron chi connectivity index (χ4n) is 2.29. The van der Waals surface area contributed by atoms with Gasteiger partial charge in [0.05, 0.1) is 6.10 Å². The molecular formula is C14H24N4O3. The third-order valence-electron chi connectivity index (χ3n) is 3.53. The predicted molar refractivity (Wildman–Crippen MR) is 76.9 cm³/mol. The number of hydrogen-bond donors (Lipinski definition) is 2. The summed E-state index contributed by atoms with van der Waals surface area (Å²) in [7, 11) is 0. The van der Waals surface area contributed by atoms with E-state index in [1.807, 2.05) is 13.8 Å². The van der Waals surface area contributed by atoms with Crippen LogP contribution >= 0.6 is 0 Å². The fraction of sp³-hybridized carbons (Fsp3) is 0.786. The van der Waals surface area contributed by atoms with Crippen molar-refractivity contribution in [3.63, 3.8) is 0 Å². The largest absolute Gasteiger partial charge is 0.391 e. The monoisotopic (exact) mass is 296 g/mol. The molecule has 0 aliphatic carbocycles. The van der Waals surface area contributed by atoms with Gasteiger partial charge in [-0.15, -0.1) is 0 Å². The zero-order valence-corrected chi connectivity index (χ0v) is 12.7. The maximum Gasteiger partial charge on any atom is 0.317 e. The van der Waals surface area contributed by atoms with Gasteiger partial charge in [-0.05, 0) is 19.3 Å². The standard InChI is InChI=1S/C14H24N4O3/c1-10(2)13-16-12(21-17-13)6-3-7-15-14(20)18-8-4-5-11(19)9-18/h10-11,19H,3-9H2,1-2H3,(H,15,20). The summed E-state index contributed by atoms with van der Waals surface area (Å²) < 4.78 is 5.15. The van der Waals surface area contributed by atoms with Gasteiger partial charge in [0.15, 0.2) is 5.82 Å². The quantitative estimate of drug-likeness (QED) is 0.799. The topological polar surface area (TPSA) is 91.5 Å². The third kappa shape index (κ3) is 4.70. The number of nitrogens with one attached hydrogen (secondary N) is 1. The summed E-state index contributed by atoms with van der Waals surface area (Å²) in [5, 5.41) is 16.3. The first-order chi connectivity index (χ1) is 10.1. The van der Waals surface area contributed by atoms with Crippen molar-refractivity contribution in [1.29, 1.82) is 0 Å². The maximum atomic E-state index is 11.9. The Balaban J connectivity index is 1.65. The van der Waals surface area contributed by atoms with Crippen molar-refractivity contribution in [2.75, 3.05) is 19.6 Å². The average Bonchev–Trinajstić information content (AvgIpc) is 2.92. The van der Waals surface area contributed by atoms with E-state index in [1.54, 1.807) is 4.90 Å². The van der Waals surface area contributed by atoms with E-state index in [1.165, 1.54) is 0 Å². The van der Waals surface area contributed by atoms with Crippen LogP contribution in [0.4, 0.5) is 4.79 Å². The highest BCUT2D eigenvalue weighted by Crippen LogP contribution is 2.11. The van der Waals surface area contributed by atoms with Crippen molar-refractivity contribution >= 4 is 6.03 Å². The molecule has 21 heavy (non-hydrogen) atoms. The highest BCUT2D eigenvalue weighted by molar-refractivity contribution is 5.74. The molecule has 2 N–H and O–H groups in total. The number of likely N-dealkylation sites (tertiary alicyclic amines) is 1. The van der Waals surface area contributed by atoms with Gasteiger partial charge in [-0.2, -0.15) is 4.98 Å². The molecule has 1 aliphatic heterocycles. The molecule has 2 rings (SSSR count). The first kappa shape index (κ1) is 15.8. The Morgan fingerprint density at radius 1 is 1.57 bits per heavy atom. The molecule has 0 aromatic carbocycles. The number of β-amino-alcohol motifs (C(OH)–C–C–N with tert-alkyl or cyclic N) is 1. The van der Waals surface area contributed by atoms with Crippen molar-refractivity contribution in [3.05, 3.63) is 11.7 Å². The van der Waals surface area contributed by atoms with E-state index in [4.69, 9.17) is 4.52 Å². The number of hydrogen-bond acceptors (Lipinski definition) is 5. The van der Waals surface area contributed by atoms with Crippen LogP contribution in [0.2, 0.25) is 0 Å². The van der Waals surface area contributed by atoms with E-state index in [9.17, 15) is 9.90 Å². The van der Waals surface area contributed by atoms with Crippen LogP contribution in [0.15, 0.2) is 4.52 Å². The molecule has 0 bridgehead atoms. The number of aromatic nitrogens is 2. The highest BCUT2D eigenvalue weighted by Gasteiger charge is 2.21. The first-order valence-corrected chi connectivity index (χ1v) is 7.59. The van der Waals surface area contributed by atoms with Crippen LogP contribution in [-0.4, -0.2) is 51.9 Å². The molecule has 2 heterocycles. The number of nitrogens with zero attached hydrogens (tertiary/aromatic N) is 3. The molecule has 0 radical (unpaired) electrons. The summed E-state index contributed by atoms with van der Waals surface area (Å²) in [5.41, 5.74) is 0. The molecule has 7 nitrogen and oxygen atoms in total. The maximum absolute atomic E-state index is 11.9. The Morgan fingerprint density at radius 2 is 2.38 bits per heavy atom. The van der Waals surface area contributed by atoms with Crippen LogP contribution in [0.5, 0.6) is 0 Å². The van der Waals surface area contributed by atoms with E-state index in [0.29, 0.717) is 31.9 Å². The van der Waals surface area contributed by atoms with Gasteiger partial charge in [-0.3, -0.25) is 0 Å². The van der Waals surface area contributed by atoms with Crippen molar-refractivity contribution < 1.29 is 14.4 Å². The minimum absolute atomic E-state index is 0.109.